The van der Waals surface area contributed by atoms with Gasteiger partial charge in [0.1, 0.15) is 59.0 Å². The maximum absolute atomic E-state index is 10.1. The molecule has 0 aromatic heterocycles. The van der Waals surface area contributed by atoms with Crippen molar-refractivity contribution >= 4 is 24.1 Å². The molecule has 2 aliphatic heterocycles. The second kappa shape index (κ2) is 19.4. The molecule has 2 fully saturated rings. The molecule has 2 heterocycles. The Morgan fingerprint density at radius 3 is 1.17 bits per heavy atom. The number of benzene rings is 2. The van der Waals surface area contributed by atoms with Crippen LogP contribution in [0.15, 0.2) is 59.7 Å². The summed E-state index contributed by atoms with van der Waals surface area (Å²) in [6.07, 6.45) is 6.50. The highest BCUT2D eigenvalue weighted by atomic mass is 16.4. The van der Waals surface area contributed by atoms with Crippen LogP contribution in [0.1, 0.15) is 36.8 Å². The second-order valence-electron chi connectivity index (χ2n) is 8.93. The van der Waals surface area contributed by atoms with Gasteiger partial charge < -0.3 is 40.6 Å². The quantitative estimate of drug-likeness (QED) is 0.312. The van der Waals surface area contributed by atoms with Crippen molar-refractivity contribution in [3.05, 3.63) is 70.8 Å². The normalized spacial score (nSPS) is 15.8. The SMILES string of the molecule is N#CC(C#N)=Cc1ccc(O)cc1.N#CC(C#N)=Cc1ccc(O)cc1.O=C([O-])[C@@H]1CCC[NH2+]1.O=C([O-])[C@@H]1CCC[NH2+]1. The lowest BCUT2D eigenvalue weighted by molar-refractivity contribution is -0.664. The molecule has 0 aliphatic carbocycles. The van der Waals surface area contributed by atoms with Gasteiger partial charge in [-0.3, -0.25) is 0 Å². The van der Waals surface area contributed by atoms with E-state index in [9.17, 15) is 19.8 Å². The van der Waals surface area contributed by atoms with Crippen LogP contribution in [-0.4, -0.2) is 47.3 Å². The van der Waals surface area contributed by atoms with E-state index in [-0.39, 0.29) is 34.7 Å². The summed E-state index contributed by atoms with van der Waals surface area (Å²) in [6, 6.07) is 19.0. The predicted molar refractivity (Wildman–Crippen MR) is 144 cm³/mol. The van der Waals surface area contributed by atoms with E-state index in [2.05, 4.69) is 0 Å². The number of aromatic hydroxyl groups is 2. The third-order valence-electron chi connectivity index (χ3n) is 5.84. The molecule has 4 rings (SSSR count). The number of allylic oxidation sites excluding steroid dienone is 2. The van der Waals surface area contributed by atoms with E-state index in [1.54, 1.807) is 48.5 Å². The Labute approximate surface area is 243 Å². The zero-order chi connectivity index (χ0) is 31.3. The summed E-state index contributed by atoms with van der Waals surface area (Å²) in [5.74, 6) is -1.51. The number of nitrogens with two attached hydrogens (primary N) is 2. The first kappa shape index (κ1) is 34.4. The number of carbonyl (C=O) groups is 2. The summed E-state index contributed by atoms with van der Waals surface area (Å²) >= 11 is 0. The minimum atomic E-state index is -0.914. The molecule has 12 heteroatoms. The standard InChI is InChI=1S/2C10H6N2O.2C5H9NO2/c2*11-6-9(7-12)5-8-1-3-10(13)4-2-8;2*7-5(8)4-2-1-3-6-4/h2*1-5,13H;2*4,6H,1-3H2,(H,7,8)/t;;2*4-/m..00/s1. The molecular weight excluding hydrogens is 540 g/mol. The Hall–Kier alpha value is -5.66. The number of phenols is 2. The van der Waals surface area contributed by atoms with Crippen LogP contribution in [0.4, 0.5) is 0 Å². The van der Waals surface area contributed by atoms with E-state index in [1.165, 1.54) is 36.4 Å². The lowest BCUT2D eigenvalue weighted by Gasteiger charge is -2.05. The summed E-state index contributed by atoms with van der Waals surface area (Å²) in [6.45, 7) is 1.89. The average Bonchev–Trinajstić information content (AvgIpc) is 3.73. The summed E-state index contributed by atoms with van der Waals surface area (Å²) in [4.78, 5) is 20.1. The van der Waals surface area contributed by atoms with Gasteiger partial charge in [-0.15, -0.1) is 0 Å². The van der Waals surface area contributed by atoms with E-state index in [0.717, 1.165) is 49.9 Å². The van der Waals surface area contributed by atoms with Crippen LogP contribution in [0, 0.1) is 45.3 Å². The van der Waals surface area contributed by atoms with Crippen molar-refractivity contribution < 1.29 is 40.6 Å². The average molecular weight is 571 g/mol. The zero-order valence-electron chi connectivity index (χ0n) is 22.6. The van der Waals surface area contributed by atoms with Crippen molar-refractivity contribution in [3.8, 4) is 35.8 Å². The maximum atomic E-state index is 10.1. The molecule has 2 atom stereocenters. The fraction of sp³-hybridized carbons (Fsp3) is 0.267. The van der Waals surface area contributed by atoms with E-state index >= 15 is 0 Å². The van der Waals surface area contributed by atoms with Crippen LogP contribution < -0.4 is 20.8 Å². The first-order valence-electron chi connectivity index (χ1n) is 12.8. The van der Waals surface area contributed by atoms with Crippen molar-refractivity contribution in [2.75, 3.05) is 13.1 Å². The van der Waals surface area contributed by atoms with Gasteiger partial charge in [0.15, 0.2) is 0 Å². The lowest BCUT2D eigenvalue weighted by atomic mass is 10.1. The van der Waals surface area contributed by atoms with Gasteiger partial charge >= 0.3 is 0 Å². The summed E-state index contributed by atoms with van der Waals surface area (Å²) in [5, 5.41) is 75.5. The Morgan fingerprint density at radius 1 is 0.667 bits per heavy atom. The van der Waals surface area contributed by atoms with Gasteiger partial charge in [-0.1, -0.05) is 24.3 Å². The Balaban J connectivity index is 0.000000287. The Bertz CT molecular complexity index is 1250. The molecule has 0 unspecified atom stereocenters. The number of aliphatic carboxylic acids is 2. The van der Waals surface area contributed by atoms with Gasteiger partial charge in [-0.05, 0) is 47.5 Å². The fourth-order valence-electron chi connectivity index (χ4n) is 3.63. The van der Waals surface area contributed by atoms with Gasteiger partial charge in [0.25, 0.3) is 0 Å². The summed E-state index contributed by atoms with van der Waals surface area (Å²) in [7, 11) is 0. The fourth-order valence-corrected chi connectivity index (χ4v) is 3.63. The molecule has 0 spiro atoms. The molecule has 216 valence electrons. The highest BCUT2D eigenvalue weighted by molar-refractivity contribution is 5.69. The number of carbonyl (C=O) groups excluding carboxylic acids is 2. The van der Waals surface area contributed by atoms with Crippen LogP contribution >= 0.6 is 0 Å². The lowest BCUT2D eigenvalue weighted by Crippen LogP contribution is -2.89. The van der Waals surface area contributed by atoms with E-state index in [1.807, 2.05) is 10.6 Å². The molecule has 0 radical (unpaired) electrons. The molecule has 0 saturated carbocycles. The Kier molecular flexibility index (Phi) is 15.9. The van der Waals surface area contributed by atoms with Crippen LogP contribution in [0.2, 0.25) is 0 Å². The smallest absolute Gasteiger partial charge is 0.130 e. The van der Waals surface area contributed by atoms with Gasteiger partial charge in [-0.2, -0.15) is 21.0 Å². The third-order valence-corrected chi connectivity index (χ3v) is 5.84. The van der Waals surface area contributed by atoms with E-state index in [4.69, 9.17) is 31.3 Å². The van der Waals surface area contributed by atoms with Crippen LogP contribution in [0.3, 0.4) is 0 Å². The number of carboxylic acid groups (broad SMARTS) is 2. The minimum absolute atomic E-state index is 0.0469. The first-order chi connectivity index (χ1) is 20.1. The number of hydrogen-bond donors (Lipinski definition) is 4. The molecule has 2 saturated heterocycles. The molecule has 6 N–H and O–H groups in total. The summed E-state index contributed by atoms with van der Waals surface area (Å²) in [5.41, 5.74) is 1.53. The van der Waals surface area contributed by atoms with Crippen molar-refractivity contribution in [3.63, 3.8) is 0 Å². The molecule has 2 aromatic rings. The molecule has 0 amide bonds. The maximum Gasteiger partial charge on any atom is 0.130 e. The zero-order valence-corrected chi connectivity index (χ0v) is 22.6. The molecule has 42 heavy (non-hydrogen) atoms. The largest absolute Gasteiger partial charge is 0.544 e. The molecule has 12 nitrogen and oxygen atoms in total. The predicted octanol–water partition coefficient (Wildman–Crippen LogP) is -1.43. The molecule has 2 aliphatic rings. The highest BCUT2D eigenvalue weighted by Gasteiger charge is 2.18. The highest BCUT2D eigenvalue weighted by Crippen LogP contribution is 2.13. The minimum Gasteiger partial charge on any atom is -0.544 e. The van der Waals surface area contributed by atoms with Crippen molar-refractivity contribution in [1.82, 2.24) is 0 Å². The number of rotatable bonds is 4. The molecular formula is C30H30N6O6. The van der Waals surface area contributed by atoms with Gasteiger partial charge in [-0.25, -0.2) is 0 Å². The van der Waals surface area contributed by atoms with Gasteiger partial charge in [0.05, 0.1) is 25.0 Å². The molecule has 2 aromatic carbocycles. The van der Waals surface area contributed by atoms with Crippen LogP contribution in [0.25, 0.3) is 12.2 Å². The number of quaternary nitrogens is 2. The van der Waals surface area contributed by atoms with Gasteiger partial charge in [0.2, 0.25) is 0 Å². The number of nitrogens with zero attached hydrogens (tertiary/aromatic N) is 4. The van der Waals surface area contributed by atoms with Crippen LogP contribution in [0.5, 0.6) is 11.5 Å². The monoisotopic (exact) mass is 570 g/mol. The second-order valence-corrected chi connectivity index (χ2v) is 8.93. The first-order valence-corrected chi connectivity index (χ1v) is 12.8. The van der Waals surface area contributed by atoms with Crippen molar-refractivity contribution in [1.29, 1.82) is 21.0 Å². The van der Waals surface area contributed by atoms with Crippen molar-refractivity contribution in [2.24, 2.45) is 0 Å². The van der Waals surface area contributed by atoms with Crippen molar-refractivity contribution in [2.45, 2.75) is 37.8 Å². The van der Waals surface area contributed by atoms with E-state index in [0.29, 0.717) is 0 Å². The third kappa shape index (κ3) is 13.9. The van der Waals surface area contributed by atoms with Crippen LogP contribution in [-0.2, 0) is 9.59 Å². The number of hydrogen-bond acceptors (Lipinski definition) is 10. The number of nitriles is 4. The topological polar surface area (TPSA) is 249 Å². The summed E-state index contributed by atoms with van der Waals surface area (Å²) < 4.78 is 0. The molecule has 0 bridgehead atoms. The number of carboxylic acids is 2. The number of phenolic OH excluding ortho intramolecular Hbond substituents is 2. The van der Waals surface area contributed by atoms with Gasteiger partial charge in [0, 0.05) is 25.7 Å². The Morgan fingerprint density at radius 2 is 0.976 bits per heavy atom. The van der Waals surface area contributed by atoms with E-state index < -0.39 is 11.9 Å².